The second-order valence-corrected chi connectivity index (χ2v) is 4.61. The molecule has 0 aliphatic heterocycles. The average molecular weight is 287 g/mol. The normalized spacial score (nSPS) is 11.4. The summed E-state index contributed by atoms with van der Waals surface area (Å²) in [4.78, 5) is 16.4. The van der Waals surface area contributed by atoms with E-state index < -0.39 is 5.97 Å². The molecule has 0 unspecified atom stereocenters. The molecule has 0 spiro atoms. The molecule has 0 radical (unpaired) electrons. The van der Waals surface area contributed by atoms with Gasteiger partial charge in [0, 0.05) is 17.4 Å². The van der Waals surface area contributed by atoms with Crippen molar-refractivity contribution in [3.8, 4) is 0 Å². The van der Waals surface area contributed by atoms with Crippen LogP contribution in [0.2, 0.25) is 0 Å². The highest BCUT2D eigenvalue weighted by Crippen LogP contribution is 2.15. The molecule has 0 amide bonds. The summed E-state index contributed by atoms with van der Waals surface area (Å²) in [7, 11) is 0. The fourth-order valence-electron chi connectivity index (χ4n) is 1.79. The SMILES string of the molecule is Cc1ccn(CC(=O)O/N=C(\N)c2cccc(N)c2C)n1. The minimum Gasteiger partial charge on any atom is -0.398 e. The van der Waals surface area contributed by atoms with Gasteiger partial charge >= 0.3 is 5.97 Å². The van der Waals surface area contributed by atoms with Crippen molar-refractivity contribution in [3.63, 3.8) is 0 Å². The lowest BCUT2D eigenvalue weighted by molar-refractivity contribution is -0.144. The fraction of sp³-hybridized carbons (Fsp3) is 0.214. The first-order valence-electron chi connectivity index (χ1n) is 6.36. The van der Waals surface area contributed by atoms with Gasteiger partial charge in [-0.3, -0.25) is 4.68 Å². The van der Waals surface area contributed by atoms with E-state index in [1.807, 2.05) is 13.8 Å². The Kier molecular flexibility index (Phi) is 4.22. The molecule has 0 aliphatic carbocycles. The van der Waals surface area contributed by atoms with Crippen LogP contribution in [0.3, 0.4) is 0 Å². The number of nitrogens with two attached hydrogens (primary N) is 2. The predicted molar refractivity (Wildman–Crippen MR) is 79.4 cm³/mol. The fourth-order valence-corrected chi connectivity index (χ4v) is 1.79. The van der Waals surface area contributed by atoms with Crippen LogP contribution in [0.25, 0.3) is 0 Å². The van der Waals surface area contributed by atoms with Crippen molar-refractivity contribution in [2.45, 2.75) is 20.4 Å². The number of rotatable bonds is 4. The molecule has 7 nitrogen and oxygen atoms in total. The van der Waals surface area contributed by atoms with Gasteiger partial charge in [0.25, 0.3) is 0 Å². The number of amidine groups is 1. The minimum atomic E-state index is -0.553. The molecule has 0 bridgehead atoms. The number of aryl methyl sites for hydroxylation is 1. The molecule has 1 aromatic heterocycles. The summed E-state index contributed by atoms with van der Waals surface area (Å²) in [6, 6.07) is 7.07. The Morgan fingerprint density at radius 3 is 2.81 bits per heavy atom. The molecule has 4 N–H and O–H groups in total. The number of carbonyl (C=O) groups excluding carboxylic acids is 1. The summed E-state index contributed by atoms with van der Waals surface area (Å²) in [6.07, 6.45) is 1.69. The minimum absolute atomic E-state index is 0.0273. The van der Waals surface area contributed by atoms with Crippen LogP contribution in [-0.2, 0) is 16.2 Å². The Morgan fingerprint density at radius 2 is 2.14 bits per heavy atom. The van der Waals surface area contributed by atoms with Crippen LogP contribution in [0, 0.1) is 13.8 Å². The lowest BCUT2D eigenvalue weighted by Crippen LogP contribution is -2.18. The van der Waals surface area contributed by atoms with E-state index in [1.165, 1.54) is 4.68 Å². The van der Waals surface area contributed by atoms with Gasteiger partial charge in [0.05, 0.1) is 5.69 Å². The molecule has 7 heteroatoms. The molecule has 2 rings (SSSR count). The number of nitrogen functional groups attached to an aromatic ring is 1. The lowest BCUT2D eigenvalue weighted by Gasteiger charge is -2.07. The third-order valence-corrected chi connectivity index (χ3v) is 2.96. The molecule has 1 heterocycles. The molecule has 0 saturated carbocycles. The topological polar surface area (TPSA) is 109 Å². The van der Waals surface area contributed by atoms with Crippen LogP contribution in [-0.4, -0.2) is 21.6 Å². The van der Waals surface area contributed by atoms with Crippen molar-refractivity contribution in [1.29, 1.82) is 0 Å². The summed E-state index contributed by atoms with van der Waals surface area (Å²) in [5.74, 6) is -0.451. The summed E-state index contributed by atoms with van der Waals surface area (Å²) in [6.45, 7) is 3.63. The quantitative estimate of drug-likeness (QED) is 0.286. The zero-order valence-electron chi connectivity index (χ0n) is 11.9. The largest absolute Gasteiger partial charge is 0.398 e. The predicted octanol–water partition coefficient (Wildman–Crippen LogP) is 0.946. The van der Waals surface area contributed by atoms with Gasteiger partial charge in [0.15, 0.2) is 5.84 Å². The number of benzene rings is 1. The van der Waals surface area contributed by atoms with Crippen molar-refractivity contribution < 1.29 is 9.63 Å². The summed E-state index contributed by atoms with van der Waals surface area (Å²) in [5, 5.41) is 7.73. The number of carbonyl (C=O) groups is 1. The van der Waals surface area contributed by atoms with Gasteiger partial charge < -0.3 is 16.3 Å². The monoisotopic (exact) mass is 287 g/mol. The van der Waals surface area contributed by atoms with E-state index in [4.69, 9.17) is 16.3 Å². The van der Waals surface area contributed by atoms with Crippen LogP contribution in [0.15, 0.2) is 35.6 Å². The van der Waals surface area contributed by atoms with Gasteiger partial charge in [-0.05, 0) is 31.5 Å². The highest BCUT2D eigenvalue weighted by atomic mass is 16.7. The van der Waals surface area contributed by atoms with Crippen molar-refractivity contribution >= 4 is 17.5 Å². The summed E-state index contributed by atoms with van der Waals surface area (Å²) in [5.41, 5.74) is 14.4. The van der Waals surface area contributed by atoms with Gasteiger partial charge in [-0.15, -0.1) is 0 Å². The molecule has 21 heavy (non-hydrogen) atoms. The second kappa shape index (κ2) is 6.08. The Hall–Kier alpha value is -2.83. The average Bonchev–Trinajstić information content (AvgIpc) is 2.84. The molecule has 0 atom stereocenters. The van der Waals surface area contributed by atoms with Crippen LogP contribution >= 0.6 is 0 Å². The van der Waals surface area contributed by atoms with Crippen molar-refractivity contribution in [2.24, 2.45) is 10.9 Å². The number of aromatic nitrogens is 2. The van der Waals surface area contributed by atoms with Gasteiger partial charge in [-0.1, -0.05) is 17.3 Å². The van der Waals surface area contributed by atoms with Crippen molar-refractivity contribution in [2.75, 3.05) is 5.73 Å². The van der Waals surface area contributed by atoms with Crippen LogP contribution in [0.4, 0.5) is 5.69 Å². The first-order chi connectivity index (χ1) is 9.97. The second-order valence-electron chi connectivity index (χ2n) is 4.61. The molecule has 0 fully saturated rings. The van der Waals surface area contributed by atoms with E-state index >= 15 is 0 Å². The Labute approximate surface area is 122 Å². The molecule has 2 aromatic rings. The van der Waals surface area contributed by atoms with Crippen molar-refractivity contribution in [1.82, 2.24) is 9.78 Å². The molecule has 0 saturated heterocycles. The molecule has 1 aromatic carbocycles. The highest BCUT2D eigenvalue weighted by molar-refractivity contribution is 5.99. The van der Waals surface area contributed by atoms with Crippen molar-refractivity contribution in [3.05, 3.63) is 47.3 Å². The maximum atomic E-state index is 11.6. The zero-order chi connectivity index (χ0) is 15.4. The van der Waals surface area contributed by atoms with E-state index in [-0.39, 0.29) is 12.4 Å². The number of hydrogen-bond acceptors (Lipinski definition) is 5. The summed E-state index contributed by atoms with van der Waals surface area (Å²) >= 11 is 0. The maximum absolute atomic E-state index is 11.6. The number of hydrogen-bond donors (Lipinski definition) is 2. The summed E-state index contributed by atoms with van der Waals surface area (Å²) < 4.78 is 1.47. The van der Waals surface area contributed by atoms with Gasteiger partial charge in [0.2, 0.25) is 0 Å². The first kappa shape index (κ1) is 14.6. The van der Waals surface area contributed by atoms with Crippen LogP contribution in [0.5, 0.6) is 0 Å². The van der Waals surface area contributed by atoms with E-state index in [1.54, 1.807) is 30.5 Å². The Balaban J connectivity index is 2.03. The van der Waals surface area contributed by atoms with Gasteiger partial charge in [-0.2, -0.15) is 5.10 Å². The molecular formula is C14H17N5O2. The molecular weight excluding hydrogens is 270 g/mol. The van der Waals surface area contributed by atoms with Crippen LogP contribution in [0.1, 0.15) is 16.8 Å². The van der Waals surface area contributed by atoms with Crippen LogP contribution < -0.4 is 11.5 Å². The smallest absolute Gasteiger partial charge is 0.356 e. The standard InChI is InChI=1S/C14H17N5O2/c1-9-6-7-19(17-9)8-13(20)21-18-14(16)11-4-3-5-12(15)10(11)2/h3-7H,8,15H2,1-2H3,(H2,16,18). The number of nitrogens with zero attached hydrogens (tertiary/aromatic N) is 3. The zero-order valence-corrected chi connectivity index (χ0v) is 11.9. The van der Waals surface area contributed by atoms with E-state index in [2.05, 4.69) is 10.3 Å². The highest BCUT2D eigenvalue weighted by Gasteiger charge is 2.09. The van der Waals surface area contributed by atoms with E-state index in [9.17, 15) is 4.79 Å². The molecule has 0 aliphatic rings. The Morgan fingerprint density at radius 1 is 1.38 bits per heavy atom. The number of anilines is 1. The van der Waals surface area contributed by atoms with Gasteiger partial charge in [0.1, 0.15) is 6.54 Å². The number of oxime groups is 1. The molecule has 110 valence electrons. The Bertz CT molecular complexity index is 690. The maximum Gasteiger partial charge on any atom is 0.356 e. The lowest BCUT2D eigenvalue weighted by atomic mass is 10.1. The third-order valence-electron chi connectivity index (χ3n) is 2.96. The first-order valence-corrected chi connectivity index (χ1v) is 6.36. The third kappa shape index (κ3) is 3.59. The van der Waals surface area contributed by atoms with E-state index in [0.29, 0.717) is 11.3 Å². The van der Waals surface area contributed by atoms with Gasteiger partial charge in [-0.25, -0.2) is 4.79 Å². The van der Waals surface area contributed by atoms with E-state index in [0.717, 1.165) is 11.3 Å².